The molecule has 0 heterocycles. The highest BCUT2D eigenvalue weighted by Gasteiger charge is 2.44. The van der Waals surface area contributed by atoms with Gasteiger partial charge < -0.3 is 36.2 Å². The highest BCUT2D eigenvalue weighted by Crippen LogP contribution is 2.48. The first-order chi connectivity index (χ1) is 14.0. The first-order valence-electron chi connectivity index (χ1n) is 10.6. The van der Waals surface area contributed by atoms with Crippen molar-refractivity contribution < 1.29 is 40.8 Å². The standard InChI is InChI=1S/C18H41O9PSi/c1-6-11-22-28(19,23-12-7-2)18-17-21-14-13-20-15-16-27-29(24-8-3,25-9-4)26-10-5/h6-18H2,1-5H3. The lowest BCUT2D eigenvalue weighted by atomic mass is 10.5. The number of ether oxygens (including phenoxy) is 2. The van der Waals surface area contributed by atoms with Gasteiger partial charge in [0.2, 0.25) is 0 Å². The normalized spacial score (nSPS) is 12.6. The van der Waals surface area contributed by atoms with E-state index in [-0.39, 0.29) is 6.16 Å². The Bertz CT molecular complexity index is 386. The molecule has 0 aromatic carbocycles. The second-order valence-corrected chi connectivity index (χ2v) is 10.2. The Balaban J connectivity index is 3.98. The smallest absolute Gasteiger partial charge is 0.378 e. The Morgan fingerprint density at radius 3 is 1.48 bits per heavy atom. The van der Waals surface area contributed by atoms with Gasteiger partial charge in [0.25, 0.3) is 0 Å². The number of rotatable bonds is 22. The summed E-state index contributed by atoms with van der Waals surface area (Å²) in [5, 5.41) is 0. The Morgan fingerprint density at radius 2 is 1.03 bits per heavy atom. The average molecular weight is 461 g/mol. The second kappa shape index (κ2) is 18.9. The van der Waals surface area contributed by atoms with Crippen molar-refractivity contribution in [2.24, 2.45) is 0 Å². The van der Waals surface area contributed by atoms with Crippen LogP contribution in [0.5, 0.6) is 0 Å². The first kappa shape index (κ1) is 29.1. The van der Waals surface area contributed by atoms with Crippen LogP contribution in [0.3, 0.4) is 0 Å². The Kier molecular flexibility index (Phi) is 18.9. The molecular weight excluding hydrogens is 419 g/mol. The van der Waals surface area contributed by atoms with Gasteiger partial charge in [-0.3, -0.25) is 4.57 Å². The zero-order valence-corrected chi connectivity index (χ0v) is 20.7. The van der Waals surface area contributed by atoms with Crippen LogP contribution in [0.1, 0.15) is 47.5 Å². The minimum Gasteiger partial charge on any atom is -0.378 e. The predicted octanol–water partition coefficient (Wildman–Crippen LogP) is 3.63. The summed E-state index contributed by atoms with van der Waals surface area (Å²) in [6, 6.07) is 0. The van der Waals surface area contributed by atoms with E-state index in [9.17, 15) is 4.57 Å². The van der Waals surface area contributed by atoms with E-state index in [0.717, 1.165) is 12.8 Å². The molecule has 0 aliphatic carbocycles. The highest BCUT2D eigenvalue weighted by atomic mass is 31.2. The van der Waals surface area contributed by atoms with Crippen molar-refractivity contribution in [3.05, 3.63) is 0 Å². The Morgan fingerprint density at radius 1 is 0.586 bits per heavy atom. The zero-order chi connectivity index (χ0) is 21.8. The average Bonchev–Trinajstić information content (AvgIpc) is 2.70. The van der Waals surface area contributed by atoms with Gasteiger partial charge in [0.05, 0.1) is 52.4 Å². The Hall–Kier alpha value is 0.127. The zero-order valence-electron chi connectivity index (χ0n) is 18.8. The summed E-state index contributed by atoms with van der Waals surface area (Å²) in [6.45, 7) is 13.5. The molecule has 0 saturated heterocycles. The maximum atomic E-state index is 12.6. The topological polar surface area (TPSA) is 90.9 Å². The third kappa shape index (κ3) is 14.7. The van der Waals surface area contributed by atoms with E-state index in [1.165, 1.54) is 0 Å². The van der Waals surface area contributed by atoms with E-state index < -0.39 is 16.6 Å². The molecule has 0 aliphatic rings. The highest BCUT2D eigenvalue weighted by molar-refractivity contribution is 7.53. The van der Waals surface area contributed by atoms with E-state index in [1.54, 1.807) is 0 Å². The van der Waals surface area contributed by atoms with Gasteiger partial charge in [-0.15, -0.1) is 0 Å². The lowest BCUT2D eigenvalue weighted by Gasteiger charge is -2.26. The largest absolute Gasteiger partial charge is 0.679 e. The fourth-order valence-electron chi connectivity index (χ4n) is 2.13. The maximum Gasteiger partial charge on any atom is 0.679 e. The molecule has 176 valence electrons. The summed E-state index contributed by atoms with van der Waals surface area (Å²) in [6.07, 6.45) is 1.81. The quantitative estimate of drug-likeness (QED) is 0.136. The van der Waals surface area contributed by atoms with Gasteiger partial charge >= 0.3 is 16.6 Å². The maximum absolute atomic E-state index is 12.6. The summed E-state index contributed by atoms with van der Waals surface area (Å²) >= 11 is 0. The van der Waals surface area contributed by atoms with E-state index in [1.807, 2.05) is 34.6 Å². The third-order valence-corrected chi connectivity index (χ3v) is 7.70. The molecule has 0 fully saturated rings. The Labute approximate surface area is 177 Å². The molecule has 9 nitrogen and oxygen atoms in total. The molecule has 0 aromatic rings. The van der Waals surface area contributed by atoms with Crippen LogP contribution in [0.2, 0.25) is 0 Å². The minimum atomic E-state index is -3.09. The van der Waals surface area contributed by atoms with Gasteiger partial charge in [-0.2, -0.15) is 0 Å². The van der Waals surface area contributed by atoms with Crippen molar-refractivity contribution in [1.82, 2.24) is 0 Å². The van der Waals surface area contributed by atoms with E-state index in [4.69, 9.17) is 36.2 Å². The SMILES string of the molecule is CCCOP(=O)(CCOCCOCCO[Si](OCC)(OCC)OCC)OCCC. The molecule has 0 saturated carbocycles. The summed E-state index contributed by atoms with van der Waals surface area (Å²) < 4.78 is 56.9. The van der Waals surface area contributed by atoms with Crippen molar-refractivity contribution in [3.8, 4) is 0 Å². The molecule has 11 heteroatoms. The molecule has 0 N–H and O–H groups in total. The molecule has 0 radical (unpaired) electrons. The van der Waals surface area contributed by atoms with E-state index >= 15 is 0 Å². The van der Waals surface area contributed by atoms with E-state index in [2.05, 4.69) is 0 Å². The molecule has 0 unspecified atom stereocenters. The van der Waals surface area contributed by atoms with Gasteiger partial charge in [0.15, 0.2) is 0 Å². The van der Waals surface area contributed by atoms with Crippen molar-refractivity contribution in [1.29, 1.82) is 0 Å². The minimum absolute atomic E-state index is 0.237. The first-order valence-corrected chi connectivity index (χ1v) is 14.0. The molecule has 0 atom stereocenters. The van der Waals surface area contributed by atoms with Crippen LogP contribution in [0.4, 0.5) is 0 Å². The van der Waals surface area contributed by atoms with Crippen LogP contribution in [-0.4, -0.2) is 81.3 Å². The van der Waals surface area contributed by atoms with Gasteiger partial charge in [0, 0.05) is 19.8 Å². The van der Waals surface area contributed by atoms with Gasteiger partial charge in [-0.1, -0.05) is 13.8 Å². The second-order valence-electron chi connectivity index (χ2n) is 5.87. The van der Waals surface area contributed by atoms with Crippen LogP contribution in [0.25, 0.3) is 0 Å². The monoisotopic (exact) mass is 460 g/mol. The molecule has 0 spiro atoms. The summed E-state index contributed by atoms with van der Waals surface area (Å²) in [5.41, 5.74) is 0. The molecule has 0 rings (SSSR count). The van der Waals surface area contributed by atoms with Crippen molar-refractivity contribution >= 4 is 16.6 Å². The molecule has 0 bridgehead atoms. The van der Waals surface area contributed by atoms with Crippen LogP contribution in [0.15, 0.2) is 0 Å². The van der Waals surface area contributed by atoms with Crippen LogP contribution >= 0.6 is 7.60 Å². The van der Waals surface area contributed by atoms with Crippen LogP contribution < -0.4 is 0 Å². The number of hydrogen-bond donors (Lipinski definition) is 0. The van der Waals surface area contributed by atoms with Crippen molar-refractivity contribution in [2.75, 3.05) is 72.2 Å². The fraction of sp³-hybridized carbons (Fsp3) is 1.00. The summed E-state index contributed by atoms with van der Waals surface area (Å²) in [7, 11) is -6.17. The summed E-state index contributed by atoms with van der Waals surface area (Å²) in [5.74, 6) is 0. The van der Waals surface area contributed by atoms with Gasteiger partial charge in [-0.05, 0) is 33.6 Å². The molecular formula is C18H41O9PSi. The number of hydrogen-bond acceptors (Lipinski definition) is 9. The fourth-order valence-corrected chi connectivity index (χ4v) is 5.63. The van der Waals surface area contributed by atoms with E-state index in [0.29, 0.717) is 66.1 Å². The third-order valence-electron chi connectivity index (χ3n) is 3.34. The van der Waals surface area contributed by atoms with Crippen molar-refractivity contribution in [3.63, 3.8) is 0 Å². The van der Waals surface area contributed by atoms with Gasteiger partial charge in [0.1, 0.15) is 0 Å². The summed E-state index contributed by atoms with van der Waals surface area (Å²) in [4.78, 5) is 0. The lowest BCUT2D eigenvalue weighted by molar-refractivity contribution is -0.0424. The lowest BCUT2D eigenvalue weighted by Crippen LogP contribution is -2.50. The molecule has 0 aliphatic heterocycles. The predicted molar refractivity (Wildman–Crippen MR) is 113 cm³/mol. The molecule has 0 aromatic heterocycles. The van der Waals surface area contributed by atoms with Crippen LogP contribution in [0, 0.1) is 0 Å². The molecule has 0 amide bonds. The van der Waals surface area contributed by atoms with Crippen molar-refractivity contribution in [2.45, 2.75) is 47.5 Å². The van der Waals surface area contributed by atoms with Crippen LogP contribution in [-0.2, 0) is 40.8 Å². The van der Waals surface area contributed by atoms with Gasteiger partial charge in [-0.25, -0.2) is 0 Å². The molecule has 29 heavy (non-hydrogen) atoms.